The summed E-state index contributed by atoms with van der Waals surface area (Å²) in [5, 5.41) is 2.64. The number of hydrogen-bond acceptors (Lipinski definition) is 4. The van der Waals surface area contributed by atoms with Gasteiger partial charge < -0.3 is 14.8 Å². The van der Waals surface area contributed by atoms with Crippen molar-refractivity contribution in [2.45, 2.75) is 39.5 Å². The zero-order chi connectivity index (χ0) is 19.6. The second-order valence-corrected chi connectivity index (χ2v) is 6.98. The van der Waals surface area contributed by atoms with Gasteiger partial charge in [0.25, 0.3) is 0 Å². The number of benzene rings is 2. The van der Waals surface area contributed by atoms with E-state index in [2.05, 4.69) is 28.2 Å². The lowest BCUT2D eigenvalue weighted by Crippen LogP contribution is -2.12. The molecule has 0 bridgehead atoms. The number of ether oxygens (including phenoxy) is 2. The third kappa shape index (κ3) is 6.71. The first-order valence-electron chi connectivity index (χ1n) is 9.02. The first-order valence-corrected chi connectivity index (χ1v) is 9.81. The molecule has 2 aromatic carbocycles. The fourth-order valence-electron chi connectivity index (χ4n) is 2.46. The van der Waals surface area contributed by atoms with Crippen LogP contribution in [0.4, 0.5) is 5.69 Å². The maximum Gasteiger partial charge on any atom is 0.343 e. The maximum atomic E-state index is 12.5. The van der Waals surface area contributed by atoms with Crippen molar-refractivity contribution >= 4 is 33.5 Å². The highest BCUT2D eigenvalue weighted by atomic mass is 79.9. The molecule has 1 amide bonds. The first-order chi connectivity index (χ1) is 13.0. The molecule has 2 rings (SSSR count). The number of amides is 1. The van der Waals surface area contributed by atoms with Gasteiger partial charge in [-0.25, -0.2) is 4.79 Å². The van der Waals surface area contributed by atoms with Crippen molar-refractivity contribution in [3.8, 4) is 11.5 Å². The van der Waals surface area contributed by atoms with Gasteiger partial charge >= 0.3 is 5.97 Å². The first kappa shape index (κ1) is 21.0. The van der Waals surface area contributed by atoms with Crippen molar-refractivity contribution in [2.24, 2.45) is 0 Å². The average molecular weight is 434 g/mol. The third-order valence-corrected chi connectivity index (χ3v) is 4.44. The Morgan fingerprint density at radius 2 is 1.81 bits per heavy atom. The number of hydrogen-bond donors (Lipinski definition) is 1. The molecule has 27 heavy (non-hydrogen) atoms. The highest BCUT2D eigenvalue weighted by molar-refractivity contribution is 9.10. The molecule has 0 fully saturated rings. The van der Waals surface area contributed by atoms with E-state index in [1.165, 1.54) is 19.8 Å². The summed E-state index contributed by atoms with van der Waals surface area (Å²) in [5.41, 5.74) is 0.835. The molecule has 0 saturated heterocycles. The number of esters is 1. The summed E-state index contributed by atoms with van der Waals surface area (Å²) in [4.78, 5) is 23.7. The summed E-state index contributed by atoms with van der Waals surface area (Å²) in [6.45, 7) is 4.22. The Hall–Kier alpha value is -2.34. The third-order valence-electron chi connectivity index (χ3n) is 3.82. The normalized spacial score (nSPS) is 10.3. The smallest absolute Gasteiger partial charge is 0.343 e. The topological polar surface area (TPSA) is 64.6 Å². The highest BCUT2D eigenvalue weighted by Gasteiger charge is 2.14. The van der Waals surface area contributed by atoms with E-state index < -0.39 is 5.97 Å². The molecule has 0 radical (unpaired) electrons. The molecule has 0 atom stereocenters. The number of anilines is 1. The van der Waals surface area contributed by atoms with E-state index >= 15 is 0 Å². The second kappa shape index (κ2) is 10.7. The molecular formula is C21H24BrNO4. The lowest BCUT2D eigenvalue weighted by Gasteiger charge is -2.12. The van der Waals surface area contributed by atoms with Gasteiger partial charge in [0.1, 0.15) is 5.75 Å². The zero-order valence-electron chi connectivity index (χ0n) is 15.6. The summed E-state index contributed by atoms with van der Waals surface area (Å²) in [7, 11) is 0. The van der Waals surface area contributed by atoms with E-state index in [1.807, 2.05) is 0 Å². The number of nitrogens with one attached hydrogen (secondary N) is 1. The van der Waals surface area contributed by atoms with Crippen LogP contribution in [0.2, 0.25) is 0 Å². The van der Waals surface area contributed by atoms with Crippen molar-refractivity contribution in [2.75, 3.05) is 11.9 Å². The standard InChI is InChI=1S/C21H24BrNO4/c1-3-4-5-8-13-26-19-12-11-16(14-17(19)22)21(25)27-20-10-7-6-9-18(20)23-15(2)24/h6-7,9-12,14H,3-5,8,13H2,1-2H3,(H,23,24). The Bertz CT molecular complexity index is 792. The van der Waals surface area contributed by atoms with E-state index in [4.69, 9.17) is 9.47 Å². The minimum atomic E-state index is -0.511. The van der Waals surface area contributed by atoms with Crippen molar-refractivity contribution in [1.29, 1.82) is 0 Å². The van der Waals surface area contributed by atoms with Crippen LogP contribution in [0.5, 0.6) is 11.5 Å². The molecule has 144 valence electrons. The molecule has 0 spiro atoms. The number of rotatable bonds is 9. The van der Waals surface area contributed by atoms with Gasteiger partial charge in [0.15, 0.2) is 5.75 Å². The summed E-state index contributed by atoms with van der Waals surface area (Å²) >= 11 is 3.44. The Balaban J connectivity index is 2.01. The molecule has 0 heterocycles. The Labute approximate surface area is 168 Å². The zero-order valence-corrected chi connectivity index (χ0v) is 17.2. The molecule has 2 aromatic rings. The summed E-state index contributed by atoms with van der Waals surface area (Å²) in [6, 6.07) is 11.9. The van der Waals surface area contributed by atoms with Crippen LogP contribution in [0.25, 0.3) is 0 Å². The van der Waals surface area contributed by atoms with E-state index in [0.717, 1.165) is 12.8 Å². The lowest BCUT2D eigenvalue weighted by molar-refractivity contribution is -0.114. The molecule has 0 aromatic heterocycles. The Morgan fingerprint density at radius 1 is 1.04 bits per heavy atom. The molecule has 0 aliphatic carbocycles. The minimum absolute atomic E-state index is 0.235. The average Bonchev–Trinajstić information content (AvgIpc) is 2.63. The number of carbonyl (C=O) groups is 2. The molecule has 0 unspecified atom stereocenters. The molecular weight excluding hydrogens is 410 g/mol. The fraction of sp³-hybridized carbons (Fsp3) is 0.333. The van der Waals surface area contributed by atoms with Crippen molar-refractivity contribution in [1.82, 2.24) is 0 Å². The van der Waals surface area contributed by atoms with Gasteiger partial charge in [-0.05, 0) is 52.7 Å². The largest absolute Gasteiger partial charge is 0.492 e. The minimum Gasteiger partial charge on any atom is -0.492 e. The van der Waals surface area contributed by atoms with E-state index in [0.29, 0.717) is 33.8 Å². The lowest BCUT2D eigenvalue weighted by atomic mass is 10.2. The monoisotopic (exact) mass is 433 g/mol. The van der Waals surface area contributed by atoms with Gasteiger partial charge in [-0.15, -0.1) is 0 Å². The number of halogens is 1. The predicted octanol–water partition coefficient (Wildman–Crippen LogP) is 5.59. The van der Waals surface area contributed by atoms with Gasteiger partial charge in [-0.3, -0.25) is 4.79 Å². The molecule has 0 aliphatic rings. The van der Waals surface area contributed by atoms with Gasteiger partial charge in [-0.2, -0.15) is 0 Å². The molecule has 5 nitrogen and oxygen atoms in total. The Kier molecular flexibility index (Phi) is 8.33. The van der Waals surface area contributed by atoms with E-state index in [1.54, 1.807) is 42.5 Å². The quantitative estimate of drug-likeness (QED) is 0.318. The fourth-order valence-corrected chi connectivity index (χ4v) is 2.96. The molecule has 6 heteroatoms. The number of para-hydroxylation sites is 2. The van der Waals surface area contributed by atoms with E-state index in [-0.39, 0.29) is 5.91 Å². The van der Waals surface area contributed by atoms with Crippen LogP contribution in [0.1, 0.15) is 49.9 Å². The Morgan fingerprint density at radius 3 is 2.52 bits per heavy atom. The van der Waals surface area contributed by atoms with Crippen LogP contribution in [0.3, 0.4) is 0 Å². The van der Waals surface area contributed by atoms with Gasteiger partial charge in [-0.1, -0.05) is 38.3 Å². The summed E-state index contributed by atoms with van der Waals surface area (Å²) in [5.74, 6) is 0.247. The SMILES string of the molecule is CCCCCCOc1ccc(C(=O)Oc2ccccc2NC(C)=O)cc1Br. The van der Waals surface area contributed by atoms with Gasteiger partial charge in [0.2, 0.25) is 5.91 Å². The second-order valence-electron chi connectivity index (χ2n) is 6.12. The van der Waals surface area contributed by atoms with E-state index in [9.17, 15) is 9.59 Å². The van der Waals surface area contributed by atoms with Crippen LogP contribution in [-0.2, 0) is 4.79 Å². The van der Waals surface area contributed by atoms with Gasteiger partial charge in [0.05, 0.1) is 22.3 Å². The van der Waals surface area contributed by atoms with Crippen LogP contribution in [0, 0.1) is 0 Å². The van der Waals surface area contributed by atoms with Gasteiger partial charge in [0, 0.05) is 6.92 Å². The van der Waals surface area contributed by atoms with Crippen LogP contribution in [-0.4, -0.2) is 18.5 Å². The van der Waals surface area contributed by atoms with Crippen molar-refractivity contribution in [3.63, 3.8) is 0 Å². The summed E-state index contributed by atoms with van der Waals surface area (Å²) < 4.78 is 11.9. The van der Waals surface area contributed by atoms with Crippen LogP contribution < -0.4 is 14.8 Å². The number of carbonyl (C=O) groups excluding carboxylic acids is 2. The van der Waals surface area contributed by atoms with Crippen LogP contribution >= 0.6 is 15.9 Å². The number of unbranched alkanes of at least 4 members (excludes halogenated alkanes) is 3. The predicted molar refractivity (Wildman–Crippen MR) is 109 cm³/mol. The van der Waals surface area contributed by atoms with Crippen LogP contribution in [0.15, 0.2) is 46.9 Å². The molecule has 0 saturated carbocycles. The van der Waals surface area contributed by atoms with Crippen molar-refractivity contribution in [3.05, 3.63) is 52.5 Å². The van der Waals surface area contributed by atoms with Crippen molar-refractivity contribution < 1.29 is 19.1 Å². The highest BCUT2D eigenvalue weighted by Crippen LogP contribution is 2.28. The molecule has 0 aliphatic heterocycles. The summed E-state index contributed by atoms with van der Waals surface area (Å²) in [6.07, 6.45) is 4.54. The maximum absolute atomic E-state index is 12.5. The molecule has 1 N–H and O–H groups in total.